The normalized spacial score (nSPS) is 10.4. The van der Waals surface area contributed by atoms with Gasteiger partial charge in [0, 0.05) is 17.6 Å². The van der Waals surface area contributed by atoms with Gasteiger partial charge in [-0.15, -0.1) is 0 Å². The molecule has 90 valence electrons. The number of nitrogens with one attached hydrogen (secondary N) is 1. The number of benzene rings is 1. The molecular weight excluding hydrogens is 274 g/mol. The van der Waals surface area contributed by atoms with Crippen molar-refractivity contribution >= 4 is 15.9 Å². The van der Waals surface area contributed by atoms with E-state index in [1.165, 1.54) is 0 Å². The summed E-state index contributed by atoms with van der Waals surface area (Å²) >= 11 is 3.45. The zero-order valence-electron chi connectivity index (χ0n) is 8.95. The summed E-state index contributed by atoms with van der Waals surface area (Å²) in [5, 5.41) is 20.4. The average Bonchev–Trinajstić information content (AvgIpc) is 2.29. The van der Waals surface area contributed by atoms with Gasteiger partial charge in [-0.25, -0.2) is 0 Å². The van der Waals surface area contributed by atoms with E-state index < -0.39 is 0 Å². The molecule has 1 aromatic carbocycles. The Morgan fingerprint density at radius 3 is 2.69 bits per heavy atom. The van der Waals surface area contributed by atoms with E-state index in [0.29, 0.717) is 19.7 Å². The van der Waals surface area contributed by atoms with Crippen molar-refractivity contribution in [2.75, 3.05) is 26.4 Å². The first-order valence-electron chi connectivity index (χ1n) is 5.11. The SMILES string of the molecule is OCCNCc1ccc(OCCO)cc1Br. The van der Waals surface area contributed by atoms with Crippen LogP contribution in [0.1, 0.15) is 5.56 Å². The maximum atomic E-state index is 8.64. The monoisotopic (exact) mass is 289 g/mol. The number of halogens is 1. The van der Waals surface area contributed by atoms with Gasteiger partial charge in [-0.05, 0) is 17.7 Å². The predicted molar refractivity (Wildman–Crippen MR) is 65.5 cm³/mol. The molecule has 4 nitrogen and oxygen atoms in total. The lowest BCUT2D eigenvalue weighted by atomic mass is 10.2. The molecule has 0 saturated carbocycles. The number of hydrogen-bond acceptors (Lipinski definition) is 4. The molecule has 0 aliphatic heterocycles. The molecule has 0 atom stereocenters. The minimum Gasteiger partial charge on any atom is -0.491 e. The van der Waals surface area contributed by atoms with Crippen molar-refractivity contribution in [1.29, 1.82) is 0 Å². The van der Waals surface area contributed by atoms with E-state index in [4.69, 9.17) is 14.9 Å². The summed E-state index contributed by atoms with van der Waals surface area (Å²) in [6.45, 7) is 1.72. The Balaban J connectivity index is 2.53. The molecular formula is C11H16BrNO3. The molecule has 0 spiro atoms. The summed E-state index contributed by atoms with van der Waals surface area (Å²) in [6, 6.07) is 5.67. The first-order valence-corrected chi connectivity index (χ1v) is 5.91. The fourth-order valence-corrected chi connectivity index (χ4v) is 1.72. The summed E-state index contributed by atoms with van der Waals surface area (Å²) in [6.07, 6.45) is 0. The summed E-state index contributed by atoms with van der Waals surface area (Å²) < 4.78 is 6.23. The van der Waals surface area contributed by atoms with Crippen LogP contribution in [0.3, 0.4) is 0 Å². The van der Waals surface area contributed by atoms with Gasteiger partial charge in [-0.1, -0.05) is 22.0 Å². The van der Waals surface area contributed by atoms with Crippen molar-refractivity contribution in [1.82, 2.24) is 5.32 Å². The average molecular weight is 290 g/mol. The zero-order valence-corrected chi connectivity index (χ0v) is 10.5. The van der Waals surface area contributed by atoms with Crippen molar-refractivity contribution in [2.45, 2.75) is 6.54 Å². The standard InChI is InChI=1S/C11H16BrNO3/c12-11-7-10(16-6-5-15)2-1-9(11)8-13-3-4-14/h1-2,7,13-15H,3-6,8H2. The molecule has 0 aliphatic rings. The third-order valence-corrected chi connectivity index (χ3v) is 2.73. The number of ether oxygens (including phenoxy) is 1. The second kappa shape index (κ2) is 7.62. The van der Waals surface area contributed by atoms with Crippen LogP contribution in [0.2, 0.25) is 0 Å². The zero-order chi connectivity index (χ0) is 11.8. The van der Waals surface area contributed by atoms with Gasteiger partial charge in [0.05, 0.1) is 13.2 Å². The van der Waals surface area contributed by atoms with E-state index >= 15 is 0 Å². The first kappa shape index (κ1) is 13.4. The van der Waals surface area contributed by atoms with E-state index in [2.05, 4.69) is 21.2 Å². The van der Waals surface area contributed by atoms with Crippen LogP contribution >= 0.6 is 15.9 Å². The predicted octanol–water partition coefficient (Wildman–Crippen LogP) is 0.902. The summed E-state index contributed by atoms with van der Waals surface area (Å²) in [4.78, 5) is 0. The molecule has 0 aromatic heterocycles. The Labute approximate surface area is 103 Å². The smallest absolute Gasteiger partial charge is 0.120 e. The van der Waals surface area contributed by atoms with Crippen LogP contribution in [0, 0.1) is 0 Å². The summed E-state index contributed by atoms with van der Waals surface area (Å²) in [7, 11) is 0. The molecule has 3 N–H and O–H groups in total. The Morgan fingerprint density at radius 1 is 1.25 bits per heavy atom. The van der Waals surface area contributed by atoms with Gasteiger partial charge in [0.1, 0.15) is 12.4 Å². The van der Waals surface area contributed by atoms with Crippen molar-refractivity contribution in [3.8, 4) is 5.75 Å². The van der Waals surface area contributed by atoms with Gasteiger partial charge in [0.15, 0.2) is 0 Å². The molecule has 0 saturated heterocycles. The Hall–Kier alpha value is -0.620. The minimum absolute atomic E-state index is 0.0113. The van der Waals surface area contributed by atoms with Crippen LogP contribution in [0.25, 0.3) is 0 Å². The number of aliphatic hydroxyl groups is 2. The van der Waals surface area contributed by atoms with E-state index in [-0.39, 0.29) is 13.2 Å². The summed E-state index contributed by atoms with van der Waals surface area (Å²) in [5.74, 6) is 0.729. The van der Waals surface area contributed by atoms with Crippen LogP contribution in [-0.4, -0.2) is 36.6 Å². The quantitative estimate of drug-likeness (QED) is 0.653. The second-order valence-corrected chi connectivity index (χ2v) is 4.08. The molecule has 5 heteroatoms. The molecule has 0 aliphatic carbocycles. The number of aliphatic hydroxyl groups excluding tert-OH is 2. The highest BCUT2D eigenvalue weighted by Crippen LogP contribution is 2.22. The molecule has 0 amide bonds. The highest BCUT2D eigenvalue weighted by atomic mass is 79.9. The van der Waals surface area contributed by atoms with Crippen LogP contribution < -0.4 is 10.1 Å². The van der Waals surface area contributed by atoms with Gasteiger partial charge in [-0.2, -0.15) is 0 Å². The molecule has 0 fully saturated rings. The summed E-state index contributed by atoms with van der Waals surface area (Å²) in [5.41, 5.74) is 1.10. The Kier molecular flexibility index (Phi) is 6.40. The third kappa shape index (κ3) is 4.49. The fourth-order valence-electron chi connectivity index (χ4n) is 1.23. The lowest BCUT2D eigenvalue weighted by molar-refractivity contribution is 0.201. The van der Waals surface area contributed by atoms with Crippen LogP contribution in [0.15, 0.2) is 22.7 Å². The third-order valence-electron chi connectivity index (χ3n) is 1.99. The molecule has 1 rings (SSSR count). The first-order chi connectivity index (χ1) is 7.77. The van der Waals surface area contributed by atoms with Crippen molar-refractivity contribution in [2.24, 2.45) is 0 Å². The van der Waals surface area contributed by atoms with Gasteiger partial charge in [0.2, 0.25) is 0 Å². The lowest BCUT2D eigenvalue weighted by Gasteiger charge is -2.09. The minimum atomic E-state index is 0.0113. The lowest BCUT2D eigenvalue weighted by Crippen LogP contribution is -2.17. The molecule has 0 unspecified atom stereocenters. The molecule has 16 heavy (non-hydrogen) atoms. The van der Waals surface area contributed by atoms with Crippen molar-refractivity contribution < 1.29 is 14.9 Å². The van der Waals surface area contributed by atoms with Gasteiger partial charge in [0.25, 0.3) is 0 Å². The van der Waals surface area contributed by atoms with E-state index in [1.807, 2.05) is 18.2 Å². The fraction of sp³-hybridized carbons (Fsp3) is 0.455. The van der Waals surface area contributed by atoms with Gasteiger partial charge < -0.3 is 20.3 Å². The maximum Gasteiger partial charge on any atom is 0.120 e. The Bertz CT molecular complexity index is 320. The van der Waals surface area contributed by atoms with Crippen LogP contribution in [0.5, 0.6) is 5.75 Å². The van der Waals surface area contributed by atoms with Crippen LogP contribution in [-0.2, 0) is 6.54 Å². The highest BCUT2D eigenvalue weighted by molar-refractivity contribution is 9.10. The largest absolute Gasteiger partial charge is 0.491 e. The second-order valence-electron chi connectivity index (χ2n) is 3.23. The molecule has 0 bridgehead atoms. The topological polar surface area (TPSA) is 61.7 Å². The van der Waals surface area contributed by atoms with E-state index in [1.54, 1.807) is 0 Å². The maximum absolute atomic E-state index is 8.64. The Morgan fingerprint density at radius 2 is 2.06 bits per heavy atom. The molecule has 1 aromatic rings. The number of hydrogen-bond donors (Lipinski definition) is 3. The molecule has 0 heterocycles. The van der Waals surface area contributed by atoms with E-state index in [0.717, 1.165) is 15.8 Å². The van der Waals surface area contributed by atoms with Crippen LogP contribution in [0.4, 0.5) is 0 Å². The van der Waals surface area contributed by atoms with E-state index in [9.17, 15) is 0 Å². The van der Waals surface area contributed by atoms with Crippen molar-refractivity contribution in [3.05, 3.63) is 28.2 Å². The molecule has 0 radical (unpaired) electrons. The highest BCUT2D eigenvalue weighted by Gasteiger charge is 2.01. The van der Waals surface area contributed by atoms with Crippen molar-refractivity contribution in [3.63, 3.8) is 0 Å². The number of rotatable bonds is 7. The van der Waals surface area contributed by atoms with Gasteiger partial charge >= 0.3 is 0 Å². The van der Waals surface area contributed by atoms with Gasteiger partial charge in [-0.3, -0.25) is 0 Å².